The molecular weight excluding hydrogens is 336 g/mol. The van der Waals surface area contributed by atoms with Gasteiger partial charge in [-0.05, 0) is 37.6 Å². The number of aromatic nitrogens is 2. The third kappa shape index (κ3) is 3.15. The standard InChI is InChI=1S/C21H18N6/c1-3-17-13(2)23-21(25-17)27-20-16-10-6-7-11-18(16)24-19(26-20)15-9-5-4-8-14(15)12-22/h4-11,17H,3H2,1-2H3,(H,24,25,26,27). The number of guanidine groups is 1. The number of nitriles is 1. The zero-order chi connectivity index (χ0) is 18.8. The monoisotopic (exact) mass is 354 g/mol. The van der Waals surface area contributed by atoms with Crippen LogP contribution in [0.1, 0.15) is 25.8 Å². The lowest BCUT2D eigenvalue weighted by molar-refractivity contribution is 0.832. The second kappa shape index (κ2) is 6.96. The van der Waals surface area contributed by atoms with E-state index >= 15 is 0 Å². The minimum atomic E-state index is 0.111. The molecule has 3 aromatic rings. The van der Waals surface area contributed by atoms with Crippen molar-refractivity contribution in [2.45, 2.75) is 26.3 Å². The first kappa shape index (κ1) is 16.9. The van der Waals surface area contributed by atoms with Crippen molar-refractivity contribution in [2.24, 2.45) is 9.98 Å². The van der Waals surface area contributed by atoms with Crippen molar-refractivity contribution < 1.29 is 0 Å². The summed E-state index contributed by atoms with van der Waals surface area (Å²) in [7, 11) is 0. The van der Waals surface area contributed by atoms with Crippen LogP contribution in [0.2, 0.25) is 0 Å². The SMILES string of the molecule is CCC1N=C(Nc2nc(-c3ccccc3C#N)nc3ccccc23)N=C1C. The van der Waals surface area contributed by atoms with Crippen LogP contribution in [0.15, 0.2) is 58.5 Å². The number of nitrogens with zero attached hydrogens (tertiary/aromatic N) is 5. The highest BCUT2D eigenvalue weighted by Crippen LogP contribution is 2.27. The normalized spacial score (nSPS) is 16.0. The number of nitrogens with one attached hydrogen (secondary N) is 1. The van der Waals surface area contributed by atoms with Crippen molar-refractivity contribution in [1.29, 1.82) is 5.26 Å². The molecule has 27 heavy (non-hydrogen) atoms. The fraction of sp³-hybridized carbons (Fsp3) is 0.190. The lowest BCUT2D eigenvalue weighted by Gasteiger charge is -2.10. The molecule has 1 unspecified atom stereocenters. The summed E-state index contributed by atoms with van der Waals surface area (Å²) in [4.78, 5) is 18.5. The van der Waals surface area contributed by atoms with Gasteiger partial charge in [0.15, 0.2) is 5.82 Å². The number of hydrogen-bond donors (Lipinski definition) is 1. The van der Waals surface area contributed by atoms with Crippen molar-refractivity contribution in [1.82, 2.24) is 9.97 Å². The Balaban J connectivity index is 1.84. The molecule has 1 N–H and O–H groups in total. The van der Waals surface area contributed by atoms with Gasteiger partial charge in [-0.15, -0.1) is 0 Å². The molecule has 1 aliphatic rings. The average molecular weight is 354 g/mol. The fourth-order valence-electron chi connectivity index (χ4n) is 3.13. The molecule has 0 bridgehead atoms. The first-order valence-corrected chi connectivity index (χ1v) is 8.86. The van der Waals surface area contributed by atoms with E-state index < -0.39 is 0 Å². The highest BCUT2D eigenvalue weighted by atomic mass is 15.2. The Morgan fingerprint density at radius 2 is 1.85 bits per heavy atom. The molecule has 0 aliphatic carbocycles. The molecule has 2 aromatic carbocycles. The van der Waals surface area contributed by atoms with Crippen molar-refractivity contribution in [3.63, 3.8) is 0 Å². The molecule has 0 fully saturated rings. The minimum Gasteiger partial charge on any atom is -0.308 e. The molecule has 132 valence electrons. The van der Waals surface area contributed by atoms with Crippen LogP contribution in [0.25, 0.3) is 22.3 Å². The predicted molar refractivity (Wildman–Crippen MR) is 108 cm³/mol. The Morgan fingerprint density at radius 3 is 2.63 bits per heavy atom. The molecule has 0 radical (unpaired) electrons. The van der Waals surface area contributed by atoms with Crippen molar-refractivity contribution in [2.75, 3.05) is 5.32 Å². The first-order chi connectivity index (χ1) is 13.2. The van der Waals surface area contributed by atoms with E-state index in [0.29, 0.717) is 28.7 Å². The van der Waals surface area contributed by atoms with Gasteiger partial charge in [0.1, 0.15) is 5.82 Å². The average Bonchev–Trinajstić information content (AvgIpc) is 3.07. The fourth-order valence-corrected chi connectivity index (χ4v) is 3.13. The van der Waals surface area contributed by atoms with Gasteiger partial charge in [0.25, 0.3) is 0 Å². The van der Waals surface area contributed by atoms with Gasteiger partial charge in [0.05, 0.1) is 23.2 Å². The Labute approximate surface area is 157 Å². The third-order valence-electron chi connectivity index (χ3n) is 4.55. The van der Waals surface area contributed by atoms with Gasteiger partial charge in [-0.3, -0.25) is 0 Å². The van der Waals surface area contributed by atoms with Gasteiger partial charge in [-0.2, -0.15) is 5.26 Å². The number of para-hydroxylation sites is 1. The second-order valence-corrected chi connectivity index (χ2v) is 6.33. The molecule has 0 saturated heterocycles. The van der Waals surface area contributed by atoms with E-state index in [1.165, 1.54) is 0 Å². The summed E-state index contributed by atoms with van der Waals surface area (Å²) in [5, 5.41) is 13.6. The number of fused-ring (bicyclic) bond motifs is 1. The second-order valence-electron chi connectivity index (χ2n) is 6.33. The summed E-state index contributed by atoms with van der Waals surface area (Å²) in [6, 6.07) is 17.4. The molecule has 2 heterocycles. The van der Waals surface area contributed by atoms with Crippen LogP contribution in [0, 0.1) is 11.3 Å². The van der Waals surface area contributed by atoms with Crippen LogP contribution in [-0.2, 0) is 0 Å². The van der Waals surface area contributed by atoms with E-state index in [4.69, 9.17) is 4.98 Å². The van der Waals surface area contributed by atoms with Crippen LogP contribution in [0.4, 0.5) is 5.82 Å². The van der Waals surface area contributed by atoms with Crippen LogP contribution in [0.5, 0.6) is 0 Å². The molecule has 4 rings (SSSR count). The Morgan fingerprint density at radius 1 is 1.07 bits per heavy atom. The van der Waals surface area contributed by atoms with Crippen molar-refractivity contribution in [3.8, 4) is 17.5 Å². The number of rotatable bonds is 3. The summed E-state index contributed by atoms with van der Waals surface area (Å²) >= 11 is 0. The molecular formula is C21H18N6. The largest absolute Gasteiger partial charge is 0.308 e. The maximum atomic E-state index is 9.42. The number of hydrogen-bond acceptors (Lipinski definition) is 6. The summed E-state index contributed by atoms with van der Waals surface area (Å²) in [6.45, 7) is 4.08. The van der Waals surface area contributed by atoms with Crippen LogP contribution < -0.4 is 5.32 Å². The molecule has 0 amide bonds. The number of benzene rings is 2. The quantitative estimate of drug-likeness (QED) is 0.764. The smallest absolute Gasteiger partial charge is 0.224 e. The lowest BCUT2D eigenvalue weighted by atomic mass is 10.1. The first-order valence-electron chi connectivity index (χ1n) is 8.86. The molecule has 1 aromatic heterocycles. The molecule has 0 spiro atoms. The Hall–Kier alpha value is -3.59. The number of aliphatic imine (C=N–C) groups is 2. The Bertz CT molecular complexity index is 1120. The van der Waals surface area contributed by atoms with Gasteiger partial charge in [0.2, 0.25) is 5.96 Å². The van der Waals surface area contributed by atoms with Crippen LogP contribution >= 0.6 is 0 Å². The molecule has 6 heteroatoms. The predicted octanol–water partition coefficient (Wildman–Crippen LogP) is 4.19. The summed E-state index contributed by atoms with van der Waals surface area (Å²) in [6.07, 6.45) is 0.909. The lowest BCUT2D eigenvalue weighted by Crippen LogP contribution is -2.11. The van der Waals surface area contributed by atoms with Gasteiger partial charge in [0, 0.05) is 16.7 Å². The summed E-state index contributed by atoms with van der Waals surface area (Å²) in [5.74, 6) is 1.69. The van der Waals surface area contributed by atoms with E-state index in [1.54, 1.807) is 6.07 Å². The summed E-state index contributed by atoms with van der Waals surface area (Å²) < 4.78 is 0. The van der Waals surface area contributed by atoms with E-state index in [2.05, 4.69) is 33.3 Å². The van der Waals surface area contributed by atoms with Crippen molar-refractivity contribution in [3.05, 3.63) is 54.1 Å². The van der Waals surface area contributed by atoms with E-state index in [-0.39, 0.29) is 6.04 Å². The van der Waals surface area contributed by atoms with E-state index in [9.17, 15) is 5.26 Å². The maximum absolute atomic E-state index is 9.42. The van der Waals surface area contributed by atoms with Gasteiger partial charge < -0.3 is 5.32 Å². The number of anilines is 1. The maximum Gasteiger partial charge on any atom is 0.224 e. The molecule has 1 atom stereocenters. The Kier molecular flexibility index (Phi) is 4.35. The highest BCUT2D eigenvalue weighted by Gasteiger charge is 2.19. The zero-order valence-corrected chi connectivity index (χ0v) is 15.1. The van der Waals surface area contributed by atoms with Crippen LogP contribution in [0.3, 0.4) is 0 Å². The molecule has 0 saturated carbocycles. The molecule has 6 nitrogen and oxygen atoms in total. The summed E-state index contributed by atoms with van der Waals surface area (Å²) in [5.41, 5.74) is 3.03. The third-order valence-corrected chi connectivity index (χ3v) is 4.55. The van der Waals surface area contributed by atoms with Gasteiger partial charge >= 0.3 is 0 Å². The highest BCUT2D eigenvalue weighted by molar-refractivity contribution is 6.11. The zero-order valence-electron chi connectivity index (χ0n) is 15.1. The molecule has 1 aliphatic heterocycles. The van der Waals surface area contributed by atoms with Gasteiger partial charge in [-0.25, -0.2) is 20.0 Å². The van der Waals surface area contributed by atoms with E-state index in [1.807, 2.05) is 49.4 Å². The van der Waals surface area contributed by atoms with Crippen molar-refractivity contribution >= 4 is 28.4 Å². The minimum absolute atomic E-state index is 0.111. The topological polar surface area (TPSA) is 86.3 Å². The van der Waals surface area contributed by atoms with Crippen LogP contribution in [-0.4, -0.2) is 27.7 Å². The van der Waals surface area contributed by atoms with E-state index in [0.717, 1.165) is 23.0 Å². The van der Waals surface area contributed by atoms with Gasteiger partial charge in [-0.1, -0.05) is 31.2 Å².